The van der Waals surface area contributed by atoms with Crippen molar-refractivity contribution in [2.24, 2.45) is 11.8 Å². The number of fused-ring (bicyclic) bond motifs is 1. The summed E-state index contributed by atoms with van der Waals surface area (Å²) in [6.45, 7) is 2.54. The van der Waals surface area contributed by atoms with Crippen molar-refractivity contribution in [2.45, 2.75) is 32.2 Å². The first kappa shape index (κ1) is 24.0. The molecule has 1 aromatic carbocycles. The van der Waals surface area contributed by atoms with Crippen LogP contribution in [0.1, 0.15) is 25.7 Å². The molecule has 2 aromatic rings. The predicted molar refractivity (Wildman–Crippen MR) is 126 cm³/mol. The highest BCUT2D eigenvalue weighted by Gasteiger charge is 2.33. The number of H-pyrrole nitrogens is 1. The zero-order valence-electron chi connectivity index (χ0n) is 19.7. The minimum atomic E-state index is -0.425. The Kier molecular flexibility index (Phi) is 7.35. The molecule has 34 heavy (non-hydrogen) atoms. The van der Waals surface area contributed by atoms with Crippen molar-refractivity contribution < 1.29 is 19.1 Å². The lowest BCUT2D eigenvalue weighted by Gasteiger charge is -2.37. The Morgan fingerprint density at radius 3 is 2.53 bits per heavy atom. The minimum absolute atomic E-state index is 0.0333. The minimum Gasteiger partial charge on any atom is -0.497 e. The SMILES string of the molecule is COCCN1CCN(C(=O)C2CCC(Cn3c(=O)[nH]c4ccc(OC)cc4c3=O)CC2)CC1=O. The number of aromatic nitrogens is 2. The molecule has 2 fully saturated rings. The first-order valence-corrected chi connectivity index (χ1v) is 11.8. The van der Waals surface area contributed by atoms with Crippen molar-refractivity contribution >= 4 is 22.7 Å². The topological polar surface area (TPSA) is 114 Å². The van der Waals surface area contributed by atoms with E-state index < -0.39 is 5.69 Å². The number of nitrogens with zero attached hydrogens (tertiary/aromatic N) is 3. The van der Waals surface area contributed by atoms with Gasteiger partial charge < -0.3 is 24.3 Å². The lowest BCUT2D eigenvalue weighted by Crippen LogP contribution is -2.54. The van der Waals surface area contributed by atoms with Crippen LogP contribution in [0.4, 0.5) is 0 Å². The van der Waals surface area contributed by atoms with Crippen LogP contribution in [0.15, 0.2) is 27.8 Å². The predicted octanol–water partition coefficient (Wildman–Crippen LogP) is 0.822. The van der Waals surface area contributed by atoms with Crippen LogP contribution in [0.25, 0.3) is 10.9 Å². The van der Waals surface area contributed by atoms with E-state index >= 15 is 0 Å². The summed E-state index contributed by atoms with van der Waals surface area (Å²) in [6, 6.07) is 5.00. The molecule has 184 valence electrons. The molecule has 4 rings (SSSR count). The highest BCUT2D eigenvalue weighted by Crippen LogP contribution is 2.31. The standard InChI is InChI=1S/C24H32N4O6/c1-33-12-11-26-9-10-27(15-21(26)29)22(30)17-5-3-16(4-6-17)14-28-23(31)19-13-18(34-2)7-8-20(19)25-24(28)32/h7-8,13,16-17H,3-6,9-12,14-15H2,1-2H3,(H,25,32). The second-order valence-corrected chi connectivity index (χ2v) is 9.11. The van der Waals surface area contributed by atoms with Crippen LogP contribution in [-0.4, -0.2) is 78.2 Å². The molecule has 1 aromatic heterocycles. The number of ether oxygens (including phenoxy) is 2. The molecule has 0 bridgehead atoms. The summed E-state index contributed by atoms with van der Waals surface area (Å²) < 4.78 is 11.5. The first-order valence-electron chi connectivity index (χ1n) is 11.8. The molecule has 10 heteroatoms. The number of methoxy groups -OCH3 is 2. The van der Waals surface area contributed by atoms with E-state index in [9.17, 15) is 19.2 Å². The molecule has 1 N–H and O–H groups in total. The van der Waals surface area contributed by atoms with Crippen LogP contribution in [-0.2, 0) is 20.9 Å². The number of carbonyl (C=O) groups is 2. The maximum absolute atomic E-state index is 13.0. The highest BCUT2D eigenvalue weighted by atomic mass is 16.5. The molecule has 10 nitrogen and oxygen atoms in total. The number of hydrogen-bond acceptors (Lipinski definition) is 6. The highest BCUT2D eigenvalue weighted by molar-refractivity contribution is 5.87. The zero-order valence-corrected chi connectivity index (χ0v) is 19.7. The van der Waals surface area contributed by atoms with Gasteiger partial charge in [-0.15, -0.1) is 0 Å². The monoisotopic (exact) mass is 472 g/mol. The van der Waals surface area contributed by atoms with E-state index in [1.807, 2.05) is 0 Å². The Hall–Kier alpha value is -3.14. The third kappa shape index (κ3) is 5.01. The van der Waals surface area contributed by atoms with Gasteiger partial charge in [0.15, 0.2) is 0 Å². The molecule has 0 spiro atoms. The van der Waals surface area contributed by atoms with Gasteiger partial charge in [-0.05, 0) is 49.8 Å². The van der Waals surface area contributed by atoms with Gasteiger partial charge >= 0.3 is 5.69 Å². The fourth-order valence-electron chi connectivity index (χ4n) is 4.97. The zero-order chi connectivity index (χ0) is 24.2. The number of amides is 2. The van der Waals surface area contributed by atoms with Crippen LogP contribution in [0, 0.1) is 11.8 Å². The Bertz CT molecular complexity index is 1160. The van der Waals surface area contributed by atoms with Crippen LogP contribution < -0.4 is 16.0 Å². The van der Waals surface area contributed by atoms with Gasteiger partial charge in [0.2, 0.25) is 11.8 Å². The summed E-state index contributed by atoms with van der Waals surface area (Å²) in [5.74, 6) is 0.562. The van der Waals surface area contributed by atoms with Gasteiger partial charge in [0.1, 0.15) is 5.75 Å². The van der Waals surface area contributed by atoms with Crippen molar-refractivity contribution in [1.82, 2.24) is 19.4 Å². The Morgan fingerprint density at radius 1 is 1.09 bits per heavy atom. The molecule has 1 saturated heterocycles. The molecule has 2 heterocycles. The molecule has 0 unspecified atom stereocenters. The van der Waals surface area contributed by atoms with Crippen molar-refractivity contribution in [3.05, 3.63) is 39.0 Å². The van der Waals surface area contributed by atoms with E-state index in [1.165, 1.54) is 11.7 Å². The average Bonchev–Trinajstić information content (AvgIpc) is 2.85. The molecule has 2 aliphatic rings. The number of nitrogens with one attached hydrogen (secondary N) is 1. The Morgan fingerprint density at radius 2 is 1.85 bits per heavy atom. The second kappa shape index (κ2) is 10.4. The summed E-state index contributed by atoms with van der Waals surface area (Å²) in [5, 5.41) is 0.414. The summed E-state index contributed by atoms with van der Waals surface area (Å²) in [7, 11) is 3.13. The smallest absolute Gasteiger partial charge is 0.328 e. The molecular weight excluding hydrogens is 440 g/mol. The summed E-state index contributed by atoms with van der Waals surface area (Å²) in [4.78, 5) is 57.1. The summed E-state index contributed by atoms with van der Waals surface area (Å²) in [5.41, 5.74) is -0.273. The van der Waals surface area contributed by atoms with Crippen LogP contribution in [0.3, 0.4) is 0 Å². The lowest BCUT2D eigenvalue weighted by molar-refractivity contribution is -0.148. The summed E-state index contributed by atoms with van der Waals surface area (Å²) in [6.07, 6.45) is 2.88. The molecule has 1 aliphatic carbocycles. The van der Waals surface area contributed by atoms with Gasteiger partial charge in [-0.1, -0.05) is 0 Å². The van der Waals surface area contributed by atoms with Crippen molar-refractivity contribution in [3.63, 3.8) is 0 Å². The van der Waals surface area contributed by atoms with Crippen molar-refractivity contribution in [3.8, 4) is 5.75 Å². The fraction of sp³-hybridized carbons (Fsp3) is 0.583. The first-order chi connectivity index (χ1) is 16.4. The van der Waals surface area contributed by atoms with Crippen molar-refractivity contribution in [1.29, 1.82) is 0 Å². The summed E-state index contributed by atoms with van der Waals surface area (Å²) >= 11 is 0. The molecule has 0 atom stereocenters. The van der Waals surface area contributed by atoms with Crippen LogP contribution in [0.5, 0.6) is 5.75 Å². The van der Waals surface area contributed by atoms with E-state index in [0.717, 1.165) is 12.8 Å². The lowest BCUT2D eigenvalue weighted by atomic mass is 9.81. The van der Waals surface area contributed by atoms with Crippen LogP contribution in [0.2, 0.25) is 0 Å². The third-order valence-electron chi connectivity index (χ3n) is 7.02. The second-order valence-electron chi connectivity index (χ2n) is 9.11. The van der Waals surface area contributed by atoms with Crippen LogP contribution >= 0.6 is 0 Å². The van der Waals surface area contributed by atoms with Gasteiger partial charge in [-0.25, -0.2) is 4.79 Å². The van der Waals surface area contributed by atoms with Gasteiger partial charge in [0, 0.05) is 39.2 Å². The Labute approximate surface area is 197 Å². The molecule has 0 radical (unpaired) electrons. The van der Waals surface area contributed by atoms with Gasteiger partial charge in [-0.2, -0.15) is 0 Å². The van der Waals surface area contributed by atoms with Gasteiger partial charge in [-0.3, -0.25) is 19.0 Å². The number of rotatable bonds is 7. The van der Waals surface area contributed by atoms with E-state index in [1.54, 1.807) is 35.1 Å². The largest absolute Gasteiger partial charge is 0.497 e. The normalized spacial score (nSPS) is 21.2. The quantitative estimate of drug-likeness (QED) is 0.638. The Balaban J connectivity index is 1.36. The average molecular weight is 473 g/mol. The van der Waals surface area contributed by atoms with Gasteiger partial charge in [0.25, 0.3) is 5.56 Å². The number of carbonyl (C=O) groups excluding carboxylic acids is 2. The third-order valence-corrected chi connectivity index (χ3v) is 7.02. The maximum Gasteiger partial charge on any atom is 0.328 e. The van der Waals surface area contributed by atoms with E-state index in [2.05, 4.69) is 4.98 Å². The molecule has 1 saturated carbocycles. The van der Waals surface area contributed by atoms with E-state index in [0.29, 0.717) is 62.3 Å². The van der Waals surface area contributed by atoms with E-state index in [4.69, 9.17) is 9.47 Å². The molecular formula is C24H32N4O6. The number of aromatic amines is 1. The molecule has 2 amide bonds. The fourth-order valence-corrected chi connectivity index (χ4v) is 4.97. The number of hydrogen-bond donors (Lipinski definition) is 1. The number of benzene rings is 1. The molecule has 1 aliphatic heterocycles. The van der Waals surface area contributed by atoms with Crippen molar-refractivity contribution in [2.75, 3.05) is 47.0 Å². The van der Waals surface area contributed by atoms with E-state index in [-0.39, 0.29) is 35.8 Å². The van der Waals surface area contributed by atoms with Gasteiger partial charge in [0.05, 0.1) is 31.2 Å². The number of piperazine rings is 1. The maximum atomic E-state index is 13.0.